The Kier molecular flexibility index (Phi) is 5.67. The number of hydrogen-bond acceptors (Lipinski definition) is 6. The average Bonchev–Trinajstić information content (AvgIpc) is 3.61. The fourth-order valence-electron chi connectivity index (χ4n) is 5.59. The predicted octanol–water partition coefficient (Wildman–Crippen LogP) is 4.93. The largest absolute Gasteiger partial charge is 0.493 e. The van der Waals surface area contributed by atoms with Crippen molar-refractivity contribution in [2.75, 3.05) is 12.0 Å². The van der Waals surface area contributed by atoms with E-state index in [0.717, 1.165) is 31.2 Å². The van der Waals surface area contributed by atoms with E-state index < -0.39 is 5.91 Å². The zero-order valence-electron chi connectivity index (χ0n) is 20.8. The molecule has 0 saturated heterocycles. The van der Waals surface area contributed by atoms with Gasteiger partial charge in [0.05, 0.1) is 25.8 Å². The third-order valence-corrected chi connectivity index (χ3v) is 7.56. The monoisotopic (exact) mass is 497 g/mol. The van der Waals surface area contributed by atoms with Crippen LogP contribution >= 0.6 is 0 Å². The molecule has 1 unspecified atom stereocenters. The van der Waals surface area contributed by atoms with Crippen molar-refractivity contribution in [2.24, 2.45) is 0 Å². The number of pyridine rings is 1. The van der Waals surface area contributed by atoms with Crippen molar-refractivity contribution in [1.82, 2.24) is 9.88 Å². The van der Waals surface area contributed by atoms with Crippen LogP contribution in [-0.2, 0) is 6.54 Å². The van der Waals surface area contributed by atoms with Crippen LogP contribution in [0.3, 0.4) is 0 Å². The quantitative estimate of drug-likeness (QED) is 0.465. The number of anilines is 1. The molecule has 3 amide bonds. The molecule has 1 saturated carbocycles. The molecule has 2 aromatic carbocycles. The molecule has 37 heavy (non-hydrogen) atoms. The van der Waals surface area contributed by atoms with Gasteiger partial charge in [0.15, 0.2) is 11.5 Å². The van der Waals surface area contributed by atoms with Gasteiger partial charge in [-0.1, -0.05) is 6.07 Å². The van der Waals surface area contributed by atoms with Crippen molar-refractivity contribution >= 4 is 23.4 Å². The molecule has 8 heteroatoms. The lowest BCUT2D eigenvalue weighted by atomic mass is 10.0. The van der Waals surface area contributed by atoms with Gasteiger partial charge in [0, 0.05) is 46.4 Å². The molecule has 0 N–H and O–H groups in total. The van der Waals surface area contributed by atoms with Crippen LogP contribution in [0.2, 0.25) is 0 Å². The molecule has 1 aromatic heterocycles. The second kappa shape index (κ2) is 9.03. The molecular formula is C29H27N3O5. The Hall–Kier alpha value is -4.20. The molecule has 3 aliphatic rings. The summed E-state index contributed by atoms with van der Waals surface area (Å²) in [6.45, 7) is 2.13. The van der Waals surface area contributed by atoms with Crippen molar-refractivity contribution in [2.45, 2.75) is 51.3 Å². The fourth-order valence-corrected chi connectivity index (χ4v) is 5.59. The highest BCUT2D eigenvalue weighted by molar-refractivity contribution is 6.15. The first-order valence-electron chi connectivity index (χ1n) is 12.6. The van der Waals surface area contributed by atoms with Crippen LogP contribution < -0.4 is 14.4 Å². The van der Waals surface area contributed by atoms with Gasteiger partial charge < -0.3 is 14.4 Å². The summed E-state index contributed by atoms with van der Waals surface area (Å²) >= 11 is 0. The fraction of sp³-hybridized carbons (Fsp3) is 0.310. The highest BCUT2D eigenvalue weighted by atomic mass is 16.5. The number of fused-ring (bicyclic) bond motifs is 2. The Morgan fingerprint density at radius 1 is 0.973 bits per heavy atom. The molecule has 1 atom stereocenters. The summed E-state index contributed by atoms with van der Waals surface area (Å²) in [5, 5.41) is 0. The maximum atomic E-state index is 13.6. The molecule has 6 rings (SSSR count). The van der Waals surface area contributed by atoms with Gasteiger partial charge in [-0.2, -0.15) is 0 Å². The van der Waals surface area contributed by atoms with Gasteiger partial charge >= 0.3 is 0 Å². The van der Waals surface area contributed by atoms with E-state index in [1.54, 1.807) is 42.5 Å². The van der Waals surface area contributed by atoms with Crippen molar-refractivity contribution in [1.29, 1.82) is 0 Å². The molecule has 1 aliphatic carbocycles. The van der Waals surface area contributed by atoms with Crippen molar-refractivity contribution in [3.05, 3.63) is 82.7 Å². The number of imide groups is 1. The number of hydrogen-bond donors (Lipinski definition) is 0. The van der Waals surface area contributed by atoms with Crippen molar-refractivity contribution in [3.63, 3.8) is 0 Å². The third-order valence-electron chi connectivity index (χ3n) is 7.56. The van der Waals surface area contributed by atoms with Crippen LogP contribution in [0, 0.1) is 0 Å². The Morgan fingerprint density at radius 2 is 1.78 bits per heavy atom. The number of rotatable bonds is 5. The van der Waals surface area contributed by atoms with Crippen LogP contribution in [0.25, 0.3) is 0 Å². The van der Waals surface area contributed by atoms with Gasteiger partial charge in [-0.15, -0.1) is 0 Å². The molecular weight excluding hydrogens is 470 g/mol. The first-order chi connectivity index (χ1) is 18.0. The standard InChI is InChI=1S/C29H27N3O5/c1-17-22-9-7-18(27(33)31-16-19-15-30-12-11-23(19)28(31)34)13-24(22)29(35)32(17)20-8-10-25(36-2)26(14-20)37-21-5-3-4-6-21/h7-15,17,21H,3-6,16H2,1-2H3. The Morgan fingerprint density at radius 3 is 2.54 bits per heavy atom. The van der Waals surface area contributed by atoms with Crippen LogP contribution in [0.1, 0.15) is 80.8 Å². The number of amides is 3. The van der Waals surface area contributed by atoms with E-state index in [1.165, 1.54) is 11.1 Å². The normalized spacial score (nSPS) is 18.8. The Bertz CT molecular complexity index is 1430. The lowest BCUT2D eigenvalue weighted by molar-refractivity contribution is 0.0631. The number of aromatic nitrogens is 1. The SMILES string of the molecule is COc1ccc(N2C(=O)c3cc(C(=O)N4Cc5cnccc5C4=O)ccc3C2C)cc1OC1CCCC1. The van der Waals surface area contributed by atoms with Crippen molar-refractivity contribution < 1.29 is 23.9 Å². The van der Waals surface area contributed by atoms with E-state index in [2.05, 4.69) is 4.98 Å². The summed E-state index contributed by atoms with van der Waals surface area (Å²) in [5.74, 6) is 0.276. The number of methoxy groups -OCH3 is 1. The minimum atomic E-state index is -0.431. The lowest BCUT2D eigenvalue weighted by Gasteiger charge is -2.24. The van der Waals surface area contributed by atoms with E-state index in [1.807, 2.05) is 25.1 Å². The second-order valence-corrected chi connectivity index (χ2v) is 9.74. The number of nitrogens with zero attached hydrogens (tertiary/aromatic N) is 3. The first kappa shape index (κ1) is 23.2. The van der Waals surface area contributed by atoms with E-state index in [0.29, 0.717) is 39.4 Å². The topological polar surface area (TPSA) is 89.0 Å². The van der Waals surface area contributed by atoms with Gasteiger partial charge in [0.1, 0.15) is 0 Å². The molecule has 0 radical (unpaired) electrons. The van der Waals surface area contributed by atoms with Gasteiger partial charge in [0.25, 0.3) is 17.7 Å². The number of carbonyl (C=O) groups excluding carboxylic acids is 3. The van der Waals surface area contributed by atoms with Crippen molar-refractivity contribution in [3.8, 4) is 11.5 Å². The second-order valence-electron chi connectivity index (χ2n) is 9.74. The van der Waals surface area contributed by atoms with Gasteiger partial charge in [-0.25, -0.2) is 0 Å². The Labute approximate surface area is 214 Å². The zero-order chi connectivity index (χ0) is 25.7. The Balaban J connectivity index is 1.28. The smallest absolute Gasteiger partial charge is 0.261 e. The van der Waals surface area contributed by atoms with Gasteiger partial charge in [-0.3, -0.25) is 24.3 Å². The summed E-state index contributed by atoms with van der Waals surface area (Å²) in [6, 6.07) is 12.0. The molecule has 3 heterocycles. The predicted molar refractivity (Wildman–Crippen MR) is 136 cm³/mol. The zero-order valence-corrected chi connectivity index (χ0v) is 20.8. The maximum absolute atomic E-state index is 13.6. The van der Waals surface area contributed by atoms with Crippen LogP contribution in [0.4, 0.5) is 5.69 Å². The number of carbonyl (C=O) groups is 3. The summed E-state index contributed by atoms with van der Waals surface area (Å²) in [7, 11) is 1.61. The number of ether oxygens (including phenoxy) is 2. The minimum Gasteiger partial charge on any atom is -0.493 e. The van der Waals surface area contributed by atoms with E-state index in [-0.39, 0.29) is 30.5 Å². The van der Waals surface area contributed by atoms with E-state index in [4.69, 9.17) is 9.47 Å². The summed E-state index contributed by atoms with van der Waals surface area (Å²) in [4.78, 5) is 46.6. The lowest BCUT2D eigenvalue weighted by Crippen LogP contribution is -2.31. The molecule has 0 bridgehead atoms. The van der Waals surface area contributed by atoms with Crippen LogP contribution in [-0.4, -0.2) is 40.8 Å². The summed E-state index contributed by atoms with van der Waals surface area (Å²) in [6.07, 6.45) is 7.61. The summed E-state index contributed by atoms with van der Waals surface area (Å²) in [5.41, 5.74) is 3.49. The molecule has 188 valence electrons. The van der Waals surface area contributed by atoms with Crippen LogP contribution in [0.5, 0.6) is 11.5 Å². The highest BCUT2D eigenvalue weighted by Crippen LogP contribution is 2.42. The van der Waals surface area contributed by atoms with Crippen LogP contribution in [0.15, 0.2) is 54.9 Å². The number of benzene rings is 2. The third kappa shape index (κ3) is 3.84. The van der Waals surface area contributed by atoms with Gasteiger partial charge in [0.2, 0.25) is 0 Å². The minimum absolute atomic E-state index is 0.150. The molecule has 3 aromatic rings. The van der Waals surface area contributed by atoms with E-state index in [9.17, 15) is 14.4 Å². The molecule has 1 fully saturated rings. The first-order valence-corrected chi connectivity index (χ1v) is 12.6. The highest BCUT2D eigenvalue weighted by Gasteiger charge is 2.38. The molecule has 2 aliphatic heterocycles. The average molecular weight is 498 g/mol. The van der Waals surface area contributed by atoms with Gasteiger partial charge in [-0.05, 0) is 68.5 Å². The molecule has 8 nitrogen and oxygen atoms in total. The van der Waals surface area contributed by atoms with E-state index >= 15 is 0 Å². The molecule has 0 spiro atoms. The maximum Gasteiger partial charge on any atom is 0.261 e. The summed E-state index contributed by atoms with van der Waals surface area (Å²) < 4.78 is 11.7.